The average molecular weight is 287 g/mol. The van der Waals surface area contributed by atoms with Gasteiger partial charge in [-0.15, -0.1) is 0 Å². The molecule has 5 heteroatoms. The molecule has 2 rings (SSSR count). The second-order valence-corrected chi connectivity index (χ2v) is 5.40. The molecule has 112 valence electrons. The summed E-state index contributed by atoms with van der Waals surface area (Å²) in [5.41, 5.74) is 7.80. The SMILES string of the molecule is Cc1cnn(CC(N)c2ccc(OC(C)C)cc2)c(=O)c1. The molecule has 21 heavy (non-hydrogen) atoms. The summed E-state index contributed by atoms with van der Waals surface area (Å²) in [6, 6.07) is 8.88. The molecule has 1 aromatic heterocycles. The smallest absolute Gasteiger partial charge is 0.267 e. The minimum absolute atomic E-state index is 0.134. The van der Waals surface area contributed by atoms with E-state index in [2.05, 4.69) is 5.10 Å². The number of ether oxygens (including phenoxy) is 1. The summed E-state index contributed by atoms with van der Waals surface area (Å²) >= 11 is 0. The van der Waals surface area contributed by atoms with Crippen LogP contribution in [0.1, 0.15) is 31.0 Å². The molecule has 1 aromatic carbocycles. The Morgan fingerprint density at radius 2 is 1.95 bits per heavy atom. The molecule has 2 aromatic rings. The molecular formula is C16H21N3O2. The molecular weight excluding hydrogens is 266 g/mol. The number of hydrogen-bond donors (Lipinski definition) is 1. The van der Waals surface area contributed by atoms with E-state index in [0.29, 0.717) is 6.54 Å². The second kappa shape index (κ2) is 6.54. The Bertz CT molecular complexity index is 647. The van der Waals surface area contributed by atoms with Crippen LogP contribution in [0.2, 0.25) is 0 Å². The van der Waals surface area contributed by atoms with E-state index in [1.165, 1.54) is 4.68 Å². The summed E-state index contributed by atoms with van der Waals surface area (Å²) in [6.07, 6.45) is 1.80. The van der Waals surface area contributed by atoms with Gasteiger partial charge in [-0.1, -0.05) is 12.1 Å². The lowest BCUT2D eigenvalue weighted by molar-refractivity contribution is 0.242. The van der Waals surface area contributed by atoms with Crippen molar-refractivity contribution in [3.05, 3.63) is 58.0 Å². The molecule has 0 spiro atoms. The largest absolute Gasteiger partial charge is 0.491 e. The van der Waals surface area contributed by atoms with Crippen LogP contribution in [0.3, 0.4) is 0 Å². The maximum Gasteiger partial charge on any atom is 0.267 e. The summed E-state index contributed by atoms with van der Waals surface area (Å²) in [5, 5.41) is 4.10. The van der Waals surface area contributed by atoms with Crippen molar-refractivity contribution in [2.24, 2.45) is 5.73 Å². The van der Waals surface area contributed by atoms with Gasteiger partial charge in [0.1, 0.15) is 5.75 Å². The third kappa shape index (κ3) is 4.16. The highest BCUT2D eigenvalue weighted by Crippen LogP contribution is 2.18. The van der Waals surface area contributed by atoms with Crippen molar-refractivity contribution in [1.82, 2.24) is 9.78 Å². The fraction of sp³-hybridized carbons (Fsp3) is 0.375. The zero-order chi connectivity index (χ0) is 15.4. The lowest BCUT2D eigenvalue weighted by Crippen LogP contribution is -2.28. The van der Waals surface area contributed by atoms with Crippen LogP contribution in [0.4, 0.5) is 0 Å². The van der Waals surface area contributed by atoms with E-state index >= 15 is 0 Å². The van der Waals surface area contributed by atoms with Crippen molar-refractivity contribution in [2.45, 2.75) is 39.5 Å². The summed E-state index contributed by atoms with van der Waals surface area (Å²) in [6.45, 7) is 6.15. The van der Waals surface area contributed by atoms with Crippen LogP contribution in [0.25, 0.3) is 0 Å². The van der Waals surface area contributed by atoms with Crippen LogP contribution in [-0.2, 0) is 6.54 Å². The van der Waals surface area contributed by atoms with E-state index in [1.54, 1.807) is 12.3 Å². The lowest BCUT2D eigenvalue weighted by Gasteiger charge is -2.15. The minimum atomic E-state index is -0.286. The Balaban J connectivity index is 2.09. The van der Waals surface area contributed by atoms with E-state index in [4.69, 9.17) is 10.5 Å². The fourth-order valence-corrected chi connectivity index (χ4v) is 2.02. The van der Waals surface area contributed by atoms with Gasteiger partial charge in [0, 0.05) is 12.1 Å². The molecule has 1 heterocycles. The minimum Gasteiger partial charge on any atom is -0.491 e. The van der Waals surface area contributed by atoms with Crippen LogP contribution < -0.4 is 16.0 Å². The van der Waals surface area contributed by atoms with Crippen molar-refractivity contribution >= 4 is 0 Å². The topological polar surface area (TPSA) is 70.1 Å². The van der Waals surface area contributed by atoms with Crippen LogP contribution in [-0.4, -0.2) is 15.9 Å². The summed E-state index contributed by atoms with van der Waals surface area (Å²) in [7, 11) is 0. The Morgan fingerprint density at radius 3 is 2.52 bits per heavy atom. The quantitative estimate of drug-likeness (QED) is 0.913. The summed E-state index contributed by atoms with van der Waals surface area (Å²) in [5.74, 6) is 0.812. The molecule has 0 saturated carbocycles. The first-order valence-corrected chi connectivity index (χ1v) is 7.01. The van der Waals surface area contributed by atoms with Crippen LogP contribution in [0.5, 0.6) is 5.75 Å². The second-order valence-electron chi connectivity index (χ2n) is 5.40. The molecule has 1 unspecified atom stereocenters. The van der Waals surface area contributed by atoms with Gasteiger partial charge in [0.15, 0.2) is 0 Å². The fourth-order valence-electron chi connectivity index (χ4n) is 2.02. The van der Waals surface area contributed by atoms with E-state index in [9.17, 15) is 4.79 Å². The van der Waals surface area contributed by atoms with E-state index in [1.807, 2.05) is 45.0 Å². The maximum atomic E-state index is 11.8. The highest BCUT2D eigenvalue weighted by atomic mass is 16.5. The van der Waals surface area contributed by atoms with Gasteiger partial charge in [0.05, 0.1) is 18.8 Å². The van der Waals surface area contributed by atoms with Crippen molar-refractivity contribution < 1.29 is 4.74 Å². The van der Waals surface area contributed by atoms with Gasteiger partial charge in [-0.3, -0.25) is 4.79 Å². The molecule has 1 atom stereocenters. The molecule has 0 aliphatic carbocycles. The monoisotopic (exact) mass is 287 g/mol. The zero-order valence-electron chi connectivity index (χ0n) is 12.6. The first-order valence-electron chi connectivity index (χ1n) is 7.01. The zero-order valence-corrected chi connectivity index (χ0v) is 12.6. The molecule has 2 N–H and O–H groups in total. The lowest BCUT2D eigenvalue weighted by atomic mass is 10.1. The van der Waals surface area contributed by atoms with Crippen molar-refractivity contribution in [1.29, 1.82) is 0 Å². The van der Waals surface area contributed by atoms with Crippen LogP contribution in [0, 0.1) is 6.92 Å². The Labute approximate surface area is 124 Å². The van der Waals surface area contributed by atoms with Gasteiger partial charge in [-0.25, -0.2) is 4.68 Å². The molecule has 0 bridgehead atoms. The summed E-state index contributed by atoms with van der Waals surface area (Å²) < 4.78 is 6.98. The third-order valence-electron chi connectivity index (χ3n) is 3.06. The standard InChI is InChI=1S/C16H21N3O2/c1-11(2)21-14-6-4-13(5-7-14)15(17)10-19-16(20)8-12(3)9-18-19/h4-9,11,15H,10,17H2,1-3H3. The molecule has 0 aliphatic rings. The van der Waals surface area contributed by atoms with Crippen LogP contribution in [0.15, 0.2) is 41.3 Å². The first kappa shape index (κ1) is 15.3. The van der Waals surface area contributed by atoms with Gasteiger partial charge < -0.3 is 10.5 Å². The third-order valence-corrected chi connectivity index (χ3v) is 3.06. The van der Waals surface area contributed by atoms with Gasteiger partial charge in [-0.2, -0.15) is 5.10 Å². The number of aromatic nitrogens is 2. The maximum absolute atomic E-state index is 11.8. The Kier molecular flexibility index (Phi) is 4.75. The molecule has 0 fully saturated rings. The van der Waals surface area contributed by atoms with Crippen LogP contribution >= 0.6 is 0 Å². The van der Waals surface area contributed by atoms with E-state index in [0.717, 1.165) is 16.9 Å². The van der Waals surface area contributed by atoms with E-state index in [-0.39, 0.29) is 17.7 Å². The molecule has 0 radical (unpaired) electrons. The Hall–Kier alpha value is -2.14. The van der Waals surface area contributed by atoms with Crippen molar-refractivity contribution in [3.63, 3.8) is 0 Å². The Morgan fingerprint density at radius 1 is 1.29 bits per heavy atom. The molecule has 0 amide bonds. The van der Waals surface area contributed by atoms with Gasteiger partial charge >= 0.3 is 0 Å². The molecule has 5 nitrogen and oxygen atoms in total. The number of benzene rings is 1. The molecule has 0 aliphatic heterocycles. The van der Waals surface area contributed by atoms with Gasteiger partial charge in [0.25, 0.3) is 5.56 Å². The van der Waals surface area contributed by atoms with Gasteiger partial charge in [0.2, 0.25) is 0 Å². The summed E-state index contributed by atoms with van der Waals surface area (Å²) in [4.78, 5) is 11.8. The number of nitrogens with zero attached hydrogens (tertiary/aromatic N) is 2. The number of hydrogen-bond acceptors (Lipinski definition) is 4. The van der Waals surface area contributed by atoms with Crippen molar-refractivity contribution in [3.8, 4) is 5.75 Å². The normalized spacial score (nSPS) is 12.4. The predicted molar refractivity (Wildman–Crippen MR) is 82.4 cm³/mol. The highest BCUT2D eigenvalue weighted by Gasteiger charge is 2.09. The van der Waals surface area contributed by atoms with Crippen molar-refractivity contribution in [2.75, 3.05) is 0 Å². The average Bonchev–Trinajstić information content (AvgIpc) is 2.42. The number of rotatable bonds is 5. The highest BCUT2D eigenvalue weighted by molar-refractivity contribution is 5.29. The first-order chi connectivity index (χ1) is 9.95. The predicted octanol–water partition coefficient (Wildman–Crippen LogP) is 2.04. The van der Waals surface area contributed by atoms with Gasteiger partial charge in [-0.05, 0) is 44.0 Å². The number of nitrogens with two attached hydrogens (primary N) is 1. The molecule has 0 saturated heterocycles. The van der Waals surface area contributed by atoms with E-state index < -0.39 is 0 Å². The number of aryl methyl sites for hydroxylation is 1.